The Bertz CT molecular complexity index is 569. The fourth-order valence-electron chi connectivity index (χ4n) is 4.05. The summed E-state index contributed by atoms with van der Waals surface area (Å²) < 4.78 is 16.6. The first kappa shape index (κ1) is 40.3. The molecule has 0 bridgehead atoms. The third kappa shape index (κ3) is 22.8. The molecule has 0 N–H and O–H groups in total. The molecule has 0 aliphatic heterocycles. The fourth-order valence-corrected chi connectivity index (χ4v) is 10.8. The van der Waals surface area contributed by atoms with Crippen LogP contribution >= 0.6 is 35.3 Å². The van der Waals surface area contributed by atoms with Gasteiger partial charge in [-0.3, -0.25) is 0 Å². The molecular weight excluding hydrogens is 671 g/mol. The standard InChI is InChI=1S/3C10H20O2S.Sn/c3*1-3-5-6-9(4-2)7-13-8-10(11)12;/h3*9H,3-8H2,1-2H3,(H,11,12);/q;;;+3/p-3. The van der Waals surface area contributed by atoms with Gasteiger partial charge in [-0.2, -0.15) is 0 Å². The molecule has 0 rings (SSSR count). The molecule has 0 spiro atoms. The van der Waals surface area contributed by atoms with Gasteiger partial charge in [-0.15, -0.1) is 0 Å². The van der Waals surface area contributed by atoms with E-state index in [1.165, 1.54) is 38.5 Å². The Morgan fingerprint density at radius 3 is 1.02 bits per heavy atom. The first-order valence-electron chi connectivity index (χ1n) is 15.5. The zero-order valence-corrected chi connectivity index (χ0v) is 31.4. The van der Waals surface area contributed by atoms with Crippen LogP contribution in [0.4, 0.5) is 0 Å². The van der Waals surface area contributed by atoms with E-state index in [1.54, 1.807) is 35.3 Å². The van der Waals surface area contributed by atoms with Crippen molar-refractivity contribution in [2.45, 2.75) is 119 Å². The molecule has 10 heteroatoms. The third-order valence-electron chi connectivity index (χ3n) is 6.94. The molecule has 0 saturated carbocycles. The van der Waals surface area contributed by atoms with Gasteiger partial charge in [0.2, 0.25) is 0 Å². The molecule has 0 saturated heterocycles. The Hall–Kier alpha value is 0.259. The molecule has 1 radical (unpaired) electrons. The Balaban J connectivity index is 4.87. The van der Waals surface area contributed by atoms with Crippen molar-refractivity contribution in [2.24, 2.45) is 17.8 Å². The van der Waals surface area contributed by atoms with Crippen LogP contribution in [0.15, 0.2) is 0 Å². The molecule has 235 valence electrons. The number of carbonyl (C=O) groups is 3. The van der Waals surface area contributed by atoms with Crippen molar-refractivity contribution in [3.8, 4) is 0 Å². The van der Waals surface area contributed by atoms with E-state index >= 15 is 0 Å². The zero-order valence-electron chi connectivity index (χ0n) is 26.1. The van der Waals surface area contributed by atoms with E-state index in [0.717, 1.165) is 55.8 Å². The summed E-state index contributed by atoms with van der Waals surface area (Å²) in [4.78, 5) is 37.8. The number of thioether (sulfide) groups is 3. The molecule has 0 amide bonds. The monoisotopic (exact) mass is 729 g/mol. The summed E-state index contributed by atoms with van der Waals surface area (Å²) in [5.41, 5.74) is 0. The molecule has 40 heavy (non-hydrogen) atoms. The molecule has 3 atom stereocenters. The first-order valence-corrected chi connectivity index (χ1v) is 22.5. The maximum atomic E-state index is 12.6. The van der Waals surface area contributed by atoms with Crippen molar-refractivity contribution in [1.29, 1.82) is 0 Å². The molecule has 0 aliphatic carbocycles. The summed E-state index contributed by atoms with van der Waals surface area (Å²) in [6, 6.07) is 0. The van der Waals surface area contributed by atoms with E-state index in [9.17, 15) is 14.4 Å². The normalized spacial score (nSPS) is 13.6. The van der Waals surface area contributed by atoms with Crippen molar-refractivity contribution in [3.63, 3.8) is 0 Å². The van der Waals surface area contributed by atoms with E-state index in [0.29, 0.717) is 17.8 Å². The van der Waals surface area contributed by atoms with E-state index < -0.39 is 38.9 Å². The van der Waals surface area contributed by atoms with Crippen molar-refractivity contribution >= 4 is 74.2 Å². The molecule has 6 nitrogen and oxygen atoms in total. The molecule has 3 unspecified atom stereocenters. The summed E-state index contributed by atoms with van der Waals surface area (Å²) in [5, 5.41) is 0. The SMILES string of the molecule is CCCCC(CC)CSCC(=O)[O][Sn]([O]C(=O)CSCC(CC)CCCC)[O]C(=O)CSCC(CC)CCCC. The van der Waals surface area contributed by atoms with Crippen LogP contribution in [0.25, 0.3) is 0 Å². The van der Waals surface area contributed by atoms with Crippen LogP contribution in [0.1, 0.15) is 119 Å². The first-order chi connectivity index (χ1) is 19.3. The van der Waals surface area contributed by atoms with Crippen LogP contribution in [0.3, 0.4) is 0 Å². The van der Waals surface area contributed by atoms with Crippen LogP contribution in [-0.2, 0) is 23.6 Å². The van der Waals surface area contributed by atoms with Gasteiger partial charge in [-0.1, -0.05) is 0 Å². The average Bonchev–Trinajstić information content (AvgIpc) is 2.94. The maximum absolute atomic E-state index is 12.6. The predicted octanol–water partition coefficient (Wildman–Crippen LogP) is 8.45. The zero-order chi connectivity index (χ0) is 30.0. The Morgan fingerprint density at radius 1 is 0.525 bits per heavy atom. The molecule has 0 aromatic rings. The van der Waals surface area contributed by atoms with Crippen LogP contribution in [-0.4, -0.2) is 73.4 Å². The number of rotatable bonds is 27. The van der Waals surface area contributed by atoms with E-state index in [-0.39, 0.29) is 17.3 Å². The second kappa shape index (κ2) is 28.1. The quantitative estimate of drug-likeness (QED) is 0.0775. The van der Waals surface area contributed by atoms with Gasteiger partial charge in [0.15, 0.2) is 0 Å². The summed E-state index contributed by atoms with van der Waals surface area (Å²) >= 11 is 0.676. The summed E-state index contributed by atoms with van der Waals surface area (Å²) in [6.45, 7) is 13.1. The second-order valence-electron chi connectivity index (χ2n) is 10.5. The van der Waals surface area contributed by atoms with Crippen molar-refractivity contribution < 1.29 is 23.6 Å². The third-order valence-corrected chi connectivity index (χ3v) is 13.8. The van der Waals surface area contributed by atoms with E-state index in [4.69, 9.17) is 9.22 Å². The van der Waals surface area contributed by atoms with Crippen LogP contribution in [0.5, 0.6) is 0 Å². The van der Waals surface area contributed by atoms with Crippen molar-refractivity contribution in [3.05, 3.63) is 0 Å². The Morgan fingerprint density at radius 2 is 0.800 bits per heavy atom. The van der Waals surface area contributed by atoms with Crippen LogP contribution in [0.2, 0.25) is 0 Å². The van der Waals surface area contributed by atoms with Gasteiger partial charge in [0.05, 0.1) is 0 Å². The molecule has 0 aliphatic rings. The van der Waals surface area contributed by atoms with Crippen molar-refractivity contribution in [1.82, 2.24) is 0 Å². The summed E-state index contributed by atoms with van der Waals surface area (Å²) in [5.74, 6) is 3.57. The summed E-state index contributed by atoms with van der Waals surface area (Å²) in [6.07, 6.45) is 13.8. The van der Waals surface area contributed by atoms with Gasteiger partial charge in [0.25, 0.3) is 0 Å². The van der Waals surface area contributed by atoms with Gasteiger partial charge in [0, 0.05) is 0 Å². The van der Waals surface area contributed by atoms with Crippen LogP contribution in [0, 0.1) is 17.8 Å². The van der Waals surface area contributed by atoms with E-state index in [2.05, 4.69) is 41.5 Å². The number of hydrogen-bond acceptors (Lipinski definition) is 9. The minimum atomic E-state index is -3.96. The number of hydrogen-bond donors (Lipinski definition) is 0. The number of unbranched alkanes of at least 4 members (excludes halogenated alkanes) is 3. The summed E-state index contributed by atoms with van der Waals surface area (Å²) in [7, 11) is 0. The predicted molar refractivity (Wildman–Crippen MR) is 176 cm³/mol. The van der Waals surface area contributed by atoms with Gasteiger partial charge >= 0.3 is 269 Å². The van der Waals surface area contributed by atoms with Gasteiger partial charge in [-0.05, 0) is 0 Å². The molecule has 0 aromatic carbocycles. The second-order valence-corrected chi connectivity index (χ2v) is 16.7. The van der Waals surface area contributed by atoms with Crippen molar-refractivity contribution in [2.75, 3.05) is 34.5 Å². The minimum absolute atomic E-state index is 0.177. The Labute approximate surface area is 267 Å². The van der Waals surface area contributed by atoms with Gasteiger partial charge < -0.3 is 0 Å². The molecule has 0 aromatic heterocycles. The fraction of sp³-hybridized carbons (Fsp3) is 0.900. The molecule has 0 heterocycles. The molecular formula is C30H57O6S3Sn. The van der Waals surface area contributed by atoms with Gasteiger partial charge in [0.1, 0.15) is 0 Å². The topological polar surface area (TPSA) is 78.9 Å². The average molecular weight is 729 g/mol. The Kier molecular flexibility index (Phi) is 28.2. The molecule has 0 fully saturated rings. The van der Waals surface area contributed by atoms with E-state index in [1.807, 2.05) is 0 Å². The van der Waals surface area contributed by atoms with Crippen LogP contribution < -0.4 is 0 Å². The number of carbonyl (C=O) groups excluding carboxylic acids is 3. The van der Waals surface area contributed by atoms with Gasteiger partial charge in [-0.25, -0.2) is 0 Å².